The zero-order valence-corrected chi connectivity index (χ0v) is 15.6. The van der Waals surface area contributed by atoms with Crippen LogP contribution in [0.3, 0.4) is 0 Å². The van der Waals surface area contributed by atoms with Gasteiger partial charge < -0.3 is 23.9 Å². The van der Waals surface area contributed by atoms with E-state index in [1.165, 1.54) is 25.3 Å². The number of para-hydroxylation sites is 1. The molecule has 1 aromatic heterocycles. The summed E-state index contributed by atoms with van der Waals surface area (Å²) < 4.78 is 45.8. The number of methoxy groups -OCH3 is 1. The van der Waals surface area contributed by atoms with E-state index >= 15 is 0 Å². The molecule has 3 rings (SSSR count). The van der Waals surface area contributed by atoms with Crippen LogP contribution in [0.15, 0.2) is 65.3 Å². The molecule has 0 radical (unpaired) electrons. The van der Waals surface area contributed by atoms with Gasteiger partial charge in [0, 0.05) is 5.69 Å². The van der Waals surface area contributed by atoms with Gasteiger partial charge in [-0.2, -0.15) is 8.78 Å². The van der Waals surface area contributed by atoms with E-state index in [1.54, 1.807) is 30.5 Å². The van der Waals surface area contributed by atoms with Gasteiger partial charge in [0.15, 0.2) is 11.5 Å². The zero-order valence-electron chi connectivity index (χ0n) is 15.6. The van der Waals surface area contributed by atoms with Crippen molar-refractivity contribution < 1.29 is 32.2 Å². The molecule has 0 atom stereocenters. The number of alkyl halides is 2. The van der Waals surface area contributed by atoms with Crippen molar-refractivity contribution in [2.75, 3.05) is 12.4 Å². The van der Waals surface area contributed by atoms with Gasteiger partial charge in [-0.1, -0.05) is 18.2 Å². The molecule has 0 aliphatic heterocycles. The zero-order chi connectivity index (χ0) is 20.6. The molecule has 0 aliphatic carbocycles. The molecule has 6 nitrogen and oxygen atoms in total. The Kier molecular flexibility index (Phi) is 6.80. The van der Waals surface area contributed by atoms with Gasteiger partial charge in [0.1, 0.15) is 12.4 Å². The number of rotatable bonds is 9. The van der Waals surface area contributed by atoms with Crippen molar-refractivity contribution in [2.45, 2.75) is 19.8 Å². The number of benzene rings is 2. The Labute approximate surface area is 166 Å². The number of ether oxygens (including phenoxy) is 3. The van der Waals surface area contributed by atoms with Crippen LogP contribution in [0, 0.1) is 0 Å². The number of anilines is 1. The van der Waals surface area contributed by atoms with E-state index < -0.39 is 12.5 Å². The Morgan fingerprint density at radius 1 is 1.10 bits per heavy atom. The van der Waals surface area contributed by atoms with Crippen molar-refractivity contribution in [1.82, 2.24) is 0 Å². The number of carbonyl (C=O) groups is 1. The maximum Gasteiger partial charge on any atom is 0.387 e. The van der Waals surface area contributed by atoms with Gasteiger partial charge in [0.25, 0.3) is 5.91 Å². The maximum absolute atomic E-state index is 12.8. The van der Waals surface area contributed by atoms with E-state index in [1.807, 2.05) is 12.1 Å². The first-order chi connectivity index (χ1) is 14.1. The van der Waals surface area contributed by atoms with Gasteiger partial charge >= 0.3 is 6.61 Å². The van der Waals surface area contributed by atoms with Gasteiger partial charge in [-0.05, 0) is 42.0 Å². The third kappa shape index (κ3) is 5.55. The lowest BCUT2D eigenvalue weighted by Crippen LogP contribution is -2.15. The lowest BCUT2D eigenvalue weighted by Gasteiger charge is -2.14. The third-order valence-corrected chi connectivity index (χ3v) is 3.93. The highest BCUT2D eigenvalue weighted by atomic mass is 19.3. The van der Waals surface area contributed by atoms with Gasteiger partial charge in [0.05, 0.1) is 25.5 Å². The quantitative estimate of drug-likeness (QED) is 0.553. The fourth-order valence-corrected chi connectivity index (χ4v) is 2.67. The summed E-state index contributed by atoms with van der Waals surface area (Å²) in [4.78, 5) is 12.6. The predicted octanol–water partition coefficient (Wildman–Crippen LogP) is 4.86. The molecule has 0 bridgehead atoms. The fraction of sp³-hybridized carbons (Fsp3) is 0.190. The molecule has 1 heterocycles. The van der Waals surface area contributed by atoms with E-state index in [0.717, 1.165) is 5.56 Å². The number of hydrogen-bond acceptors (Lipinski definition) is 5. The Morgan fingerprint density at radius 2 is 1.93 bits per heavy atom. The monoisotopic (exact) mass is 403 g/mol. The van der Waals surface area contributed by atoms with E-state index in [4.69, 9.17) is 13.9 Å². The highest BCUT2D eigenvalue weighted by Crippen LogP contribution is 2.33. The van der Waals surface area contributed by atoms with Crippen molar-refractivity contribution in [2.24, 2.45) is 0 Å². The van der Waals surface area contributed by atoms with Crippen LogP contribution in [0.25, 0.3) is 0 Å². The molecule has 0 unspecified atom stereocenters. The Balaban J connectivity index is 1.69. The average molecular weight is 403 g/mol. The second kappa shape index (κ2) is 9.70. The van der Waals surface area contributed by atoms with Crippen LogP contribution in [0.5, 0.6) is 11.5 Å². The summed E-state index contributed by atoms with van der Waals surface area (Å²) in [6, 6.07) is 14.9. The molecule has 0 saturated heterocycles. The summed E-state index contributed by atoms with van der Waals surface area (Å²) in [5.41, 5.74) is 1.24. The number of furan rings is 1. The molecule has 29 heavy (non-hydrogen) atoms. The van der Waals surface area contributed by atoms with Crippen LogP contribution < -0.4 is 14.8 Å². The molecule has 1 N–H and O–H groups in total. The van der Waals surface area contributed by atoms with Crippen LogP contribution >= 0.6 is 0 Å². The average Bonchev–Trinajstić information content (AvgIpc) is 3.21. The van der Waals surface area contributed by atoms with Gasteiger partial charge in [-0.15, -0.1) is 0 Å². The van der Waals surface area contributed by atoms with E-state index in [9.17, 15) is 13.6 Å². The van der Waals surface area contributed by atoms with E-state index in [2.05, 4.69) is 10.1 Å². The van der Waals surface area contributed by atoms with Crippen molar-refractivity contribution in [3.05, 3.63) is 77.7 Å². The minimum Gasteiger partial charge on any atom is -0.493 e. The molecule has 0 aliphatic rings. The highest BCUT2D eigenvalue weighted by molar-refractivity contribution is 6.06. The largest absolute Gasteiger partial charge is 0.493 e. The minimum absolute atomic E-state index is 0.0398. The second-order valence-corrected chi connectivity index (χ2v) is 5.94. The minimum atomic E-state index is -3.09. The standard InChI is InChI=1S/C21H19F2NO5/c1-26-18-9-3-8-17(19(18)29-21(22)23)20(25)24-15-6-2-5-14(11-15)12-27-13-16-7-4-10-28-16/h2-11,21H,12-13H2,1H3,(H,24,25). The lowest BCUT2D eigenvalue weighted by molar-refractivity contribution is -0.0515. The van der Waals surface area contributed by atoms with Crippen LogP contribution in [-0.4, -0.2) is 19.6 Å². The normalized spacial score (nSPS) is 10.8. The predicted molar refractivity (Wildman–Crippen MR) is 101 cm³/mol. The highest BCUT2D eigenvalue weighted by Gasteiger charge is 2.20. The van der Waals surface area contributed by atoms with Gasteiger partial charge in [-0.3, -0.25) is 4.79 Å². The molecule has 0 spiro atoms. The molecular weight excluding hydrogens is 384 g/mol. The Morgan fingerprint density at radius 3 is 2.66 bits per heavy atom. The molecule has 0 fully saturated rings. The van der Waals surface area contributed by atoms with Gasteiger partial charge in [-0.25, -0.2) is 0 Å². The first kappa shape index (κ1) is 20.3. The van der Waals surface area contributed by atoms with Crippen molar-refractivity contribution in [3.63, 3.8) is 0 Å². The summed E-state index contributed by atoms with van der Waals surface area (Å²) in [5, 5.41) is 2.67. The first-order valence-electron chi connectivity index (χ1n) is 8.69. The molecular formula is C21H19F2NO5. The van der Waals surface area contributed by atoms with Crippen LogP contribution in [0.2, 0.25) is 0 Å². The molecule has 1 amide bonds. The lowest BCUT2D eigenvalue weighted by atomic mass is 10.1. The van der Waals surface area contributed by atoms with Crippen LogP contribution in [-0.2, 0) is 18.0 Å². The van der Waals surface area contributed by atoms with Crippen molar-refractivity contribution >= 4 is 11.6 Å². The summed E-state index contributed by atoms with van der Waals surface area (Å²) >= 11 is 0. The molecule has 152 valence electrons. The molecule has 0 saturated carbocycles. The summed E-state index contributed by atoms with van der Waals surface area (Å²) in [6.45, 7) is -2.46. The fourth-order valence-electron chi connectivity index (χ4n) is 2.67. The van der Waals surface area contributed by atoms with Crippen LogP contribution in [0.4, 0.5) is 14.5 Å². The van der Waals surface area contributed by atoms with Crippen molar-refractivity contribution in [3.8, 4) is 11.5 Å². The number of hydrogen-bond donors (Lipinski definition) is 1. The van der Waals surface area contributed by atoms with Crippen LogP contribution in [0.1, 0.15) is 21.7 Å². The van der Waals surface area contributed by atoms with Gasteiger partial charge in [0.2, 0.25) is 0 Å². The topological polar surface area (TPSA) is 69.9 Å². The first-order valence-corrected chi connectivity index (χ1v) is 8.69. The number of amides is 1. The van der Waals surface area contributed by atoms with E-state index in [-0.39, 0.29) is 17.1 Å². The molecule has 8 heteroatoms. The third-order valence-electron chi connectivity index (χ3n) is 3.93. The molecule has 3 aromatic rings. The number of nitrogens with one attached hydrogen (secondary N) is 1. The smallest absolute Gasteiger partial charge is 0.387 e. The van der Waals surface area contributed by atoms with E-state index in [0.29, 0.717) is 24.7 Å². The number of carbonyl (C=O) groups excluding carboxylic acids is 1. The summed E-state index contributed by atoms with van der Waals surface area (Å²) in [7, 11) is 1.31. The summed E-state index contributed by atoms with van der Waals surface area (Å²) in [5.74, 6) is -0.175. The number of halogens is 2. The maximum atomic E-state index is 12.8. The molecule has 2 aromatic carbocycles. The SMILES string of the molecule is COc1cccc(C(=O)Nc2cccc(COCc3ccco3)c2)c1OC(F)F. The Bertz CT molecular complexity index is 944. The Hall–Kier alpha value is -3.39. The summed E-state index contributed by atoms with van der Waals surface area (Å²) in [6.07, 6.45) is 1.57. The second-order valence-electron chi connectivity index (χ2n) is 5.94. The van der Waals surface area contributed by atoms with Crippen molar-refractivity contribution in [1.29, 1.82) is 0 Å².